The lowest BCUT2D eigenvalue weighted by Crippen LogP contribution is -2.48. The number of rotatable bonds is 3. The SMILES string of the molecule is CCC1=C(O)C(=O)C1(CC)c1ccccn1. The summed E-state index contributed by atoms with van der Waals surface area (Å²) in [5, 5.41) is 9.61. The monoisotopic (exact) mass is 217 g/mol. The molecule has 0 aromatic carbocycles. The quantitative estimate of drug-likeness (QED) is 0.846. The van der Waals surface area contributed by atoms with Gasteiger partial charge in [0, 0.05) is 6.20 Å². The second kappa shape index (κ2) is 3.74. The summed E-state index contributed by atoms with van der Waals surface area (Å²) in [6.07, 6.45) is 3.01. The van der Waals surface area contributed by atoms with E-state index in [4.69, 9.17) is 0 Å². The van der Waals surface area contributed by atoms with Crippen molar-refractivity contribution in [2.45, 2.75) is 32.1 Å². The number of aromatic nitrogens is 1. The number of hydrogen-bond donors (Lipinski definition) is 1. The first kappa shape index (κ1) is 10.9. The van der Waals surface area contributed by atoms with Crippen LogP contribution in [0.1, 0.15) is 32.4 Å². The molecule has 0 saturated carbocycles. The molecule has 1 aliphatic rings. The molecule has 3 heteroatoms. The maximum absolute atomic E-state index is 11.9. The lowest BCUT2D eigenvalue weighted by atomic mass is 9.61. The number of carbonyl (C=O) groups is 1. The van der Waals surface area contributed by atoms with Gasteiger partial charge in [0.25, 0.3) is 0 Å². The van der Waals surface area contributed by atoms with Crippen molar-refractivity contribution in [2.24, 2.45) is 0 Å². The molecule has 1 atom stereocenters. The molecule has 0 radical (unpaired) electrons. The average molecular weight is 217 g/mol. The molecule has 1 aromatic rings. The van der Waals surface area contributed by atoms with E-state index in [0.717, 1.165) is 11.3 Å². The Labute approximate surface area is 94.8 Å². The van der Waals surface area contributed by atoms with E-state index in [1.54, 1.807) is 6.20 Å². The van der Waals surface area contributed by atoms with Crippen molar-refractivity contribution in [1.82, 2.24) is 4.98 Å². The number of hydrogen-bond acceptors (Lipinski definition) is 3. The van der Waals surface area contributed by atoms with Gasteiger partial charge in [-0.15, -0.1) is 0 Å². The lowest BCUT2D eigenvalue weighted by Gasteiger charge is -2.40. The van der Waals surface area contributed by atoms with Crippen LogP contribution in [-0.2, 0) is 10.2 Å². The maximum atomic E-state index is 11.9. The van der Waals surface area contributed by atoms with Gasteiger partial charge in [0.15, 0.2) is 5.76 Å². The number of nitrogens with zero attached hydrogens (tertiary/aromatic N) is 1. The average Bonchev–Trinajstić information content (AvgIpc) is 2.35. The summed E-state index contributed by atoms with van der Waals surface area (Å²) in [4.78, 5) is 16.2. The molecular weight excluding hydrogens is 202 g/mol. The Hall–Kier alpha value is -1.64. The number of Topliss-reactive ketones (excluding diaryl/α,β-unsaturated/α-hetero) is 1. The minimum atomic E-state index is -0.667. The standard InChI is InChI=1S/C13H15NO2/c1-3-9-11(15)12(16)13(9,4-2)10-7-5-6-8-14-10/h5-8,15H,3-4H2,1-2H3. The van der Waals surface area contributed by atoms with Crippen LogP contribution in [0.2, 0.25) is 0 Å². The first-order valence-electron chi connectivity index (χ1n) is 5.57. The van der Waals surface area contributed by atoms with Gasteiger partial charge in [-0.25, -0.2) is 0 Å². The third-order valence-corrected chi connectivity index (χ3v) is 3.39. The Kier molecular flexibility index (Phi) is 2.54. The van der Waals surface area contributed by atoms with Crippen LogP contribution in [0.4, 0.5) is 0 Å². The highest BCUT2D eigenvalue weighted by Gasteiger charge is 2.54. The van der Waals surface area contributed by atoms with Gasteiger partial charge in [-0.1, -0.05) is 19.9 Å². The summed E-state index contributed by atoms with van der Waals surface area (Å²) >= 11 is 0. The number of carbonyl (C=O) groups excluding carboxylic acids is 1. The largest absolute Gasteiger partial charge is 0.504 e. The molecule has 0 aliphatic heterocycles. The number of aliphatic hydroxyl groups is 1. The van der Waals surface area contributed by atoms with Crippen molar-refractivity contribution in [1.29, 1.82) is 0 Å². The minimum Gasteiger partial charge on any atom is -0.504 e. The molecule has 0 spiro atoms. The van der Waals surface area contributed by atoms with E-state index < -0.39 is 5.41 Å². The topological polar surface area (TPSA) is 50.2 Å². The van der Waals surface area contributed by atoms with E-state index in [9.17, 15) is 9.90 Å². The molecule has 0 saturated heterocycles. The zero-order chi connectivity index (χ0) is 11.8. The maximum Gasteiger partial charge on any atom is 0.213 e. The van der Waals surface area contributed by atoms with Gasteiger partial charge in [0.1, 0.15) is 5.41 Å². The number of aliphatic hydroxyl groups excluding tert-OH is 1. The van der Waals surface area contributed by atoms with E-state index in [1.807, 2.05) is 32.0 Å². The summed E-state index contributed by atoms with van der Waals surface area (Å²) in [7, 11) is 0. The van der Waals surface area contributed by atoms with E-state index in [0.29, 0.717) is 12.8 Å². The molecule has 0 amide bonds. The minimum absolute atomic E-state index is 0.0602. The van der Waals surface area contributed by atoms with Crippen LogP contribution >= 0.6 is 0 Å². The molecule has 1 heterocycles. The molecule has 84 valence electrons. The van der Waals surface area contributed by atoms with Gasteiger partial charge in [-0.05, 0) is 30.5 Å². The van der Waals surface area contributed by atoms with E-state index in [1.165, 1.54) is 0 Å². The smallest absolute Gasteiger partial charge is 0.213 e. The van der Waals surface area contributed by atoms with Crippen molar-refractivity contribution >= 4 is 5.78 Å². The second-order valence-electron chi connectivity index (χ2n) is 3.98. The van der Waals surface area contributed by atoms with Crippen LogP contribution < -0.4 is 0 Å². The fourth-order valence-electron chi connectivity index (χ4n) is 2.53. The van der Waals surface area contributed by atoms with Crippen LogP contribution in [0.3, 0.4) is 0 Å². The van der Waals surface area contributed by atoms with Crippen LogP contribution in [0.5, 0.6) is 0 Å². The molecule has 0 fully saturated rings. The highest BCUT2D eigenvalue weighted by Crippen LogP contribution is 2.47. The van der Waals surface area contributed by atoms with Crippen molar-refractivity contribution < 1.29 is 9.90 Å². The Bertz CT molecular complexity index is 450. The van der Waals surface area contributed by atoms with Crippen molar-refractivity contribution in [3.05, 3.63) is 41.4 Å². The van der Waals surface area contributed by atoms with Gasteiger partial charge in [-0.3, -0.25) is 9.78 Å². The van der Waals surface area contributed by atoms with E-state index in [-0.39, 0.29) is 11.5 Å². The van der Waals surface area contributed by atoms with Gasteiger partial charge >= 0.3 is 0 Å². The van der Waals surface area contributed by atoms with E-state index >= 15 is 0 Å². The molecule has 1 aromatic heterocycles. The van der Waals surface area contributed by atoms with Crippen LogP contribution in [0.25, 0.3) is 0 Å². The first-order chi connectivity index (χ1) is 7.68. The normalized spacial score (nSPS) is 24.5. The number of ketones is 1. The van der Waals surface area contributed by atoms with Gasteiger partial charge in [-0.2, -0.15) is 0 Å². The third kappa shape index (κ3) is 1.14. The van der Waals surface area contributed by atoms with Crippen LogP contribution in [0.15, 0.2) is 35.7 Å². The Morgan fingerprint density at radius 2 is 2.12 bits per heavy atom. The summed E-state index contributed by atoms with van der Waals surface area (Å²) in [6.45, 7) is 3.90. The van der Waals surface area contributed by atoms with Crippen LogP contribution in [0, 0.1) is 0 Å². The highest BCUT2D eigenvalue weighted by atomic mass is 16.3. The zero-order valence-electron chi connectivity index (χ0n) is 9.53. The molecule has 0 bridgehead atoms. The summed E-state index contributed by atoms with van der Waals surface area (Å²) in [5.41, 5.74) is 0.899. The fourth-order valence-corrected chi connectivity index (χ4v) is 2.53. The molecule has 1 N–H and O–H groups in total. The van der Waals surface area contributed by atoms with Crippen molar-refractivity contribution in [2.75, 3.05) is 0 Å². The van der Waals surface area contributed by atoms with Gasteiger partial charge in [0.2, 0.25) is 5.78 Å². The summed E-state index contributed by atoms with van der Waals surface area (Å²) in [6, 6.07) is 5.55. The zero-order valence-corrected chi connectivity index (χ0v) is 9.53. The Balaban J connectivity index is 2.56. The second-order valence-corrected chi connectivity index (χ2v) is 3.98. The van der Waals surface area contributed by atoms with E-state index in [2.05, 4.69) is 4.98 Å². The Morgan fingerprint density at radius 3 is 2.62 bits per heavy atom. The van der Waals surface area contributed by atoms with Crippen LogP contribution in [-0.4, -0.2) is 15.9 Å². The Morgan fingerprint density at radius 1 is 1.38 bits per heavy atom. The lowest BCUT2D eigenvalue weighted by molar-refractivity contribution is -0.126. The number of pyridine rings is 1. The van der Waals surface area contributed by atoms with Gasteiger partial charge in [0.05, 0.1) is 5.69 Å². The number of allylic oxidation sites excluding steroid dienone is 2. The molecule has 3 nitrogen and oxygen atoms in total. The van der Waals surface area contributed by atoms with Crippen molar-refractivity contribution in [3.63, 3.8) is 0 Å². The predicted octanol–water partition coefficient (Wildman–Crippen LogP) is 2.53. The predicted molar refractivity (Wildman–Crippen MR) is 61.2 cm³/mol. The molecule has 2 rings (SSSR count). The molecule has 1 unspecified atom stereocenters. The highest BCUT2D eigenvalue weighted by molar-refractivity contribution is 6.12. The summed E-state index contributed by atoms with van der Waals surface area (Å²) in [5.74, 6) is -0.249. The molecule has 1 aliphatic carbocycles. The first-order valence-corrected chi connectivity index (χ1v) is 5.57. The van der Waals surface area contributed by atoms with Crippen molar-refractivity contribution in [3.8, 4) is 0 Å². The van der Waals surface area contributed by atoms with Gasteiger partial charge < -0.3 is 5.11 Å². The third-order valence-electron chi connectivity index (χ3n) is 3.39. The summed E-state index contributed by atoms with van der Waals surface area (Å²) < 4.78 is 0. The fraction of sp³-hybridized carbons (Fsp3) is 0.385. The molecule has 16 heavy (non-hydrogen) atoms. The molecular formula is C13H15NO2.